The van der Waals surface area contributed by atoms with E-state index in [1.807, 2.05) is 12.1 Å². The maximum absolute atomic E-state index is 13.8. The minimum atomic E-state index is -0.648. The molecule has 1 N–H and O–H groups in total. The Morgan fingerprint density at radius 3 is 2.75 bits per heavy atom. The monoisotopic (exact) mass is 401 g/mol. The number of hydrogen-bond donors (Lipinski definition) is 1. The summed E-state index contributed by atoms with van der Waals surface area (Å²) in [5.41, 5.74) is 2.41. The summed E-state index contributed by atoms with van der Waals surface area (Å²) in [4.78, 5) is 17.9. The molecule has 1 aliphatic heterocycles. The minimum absolute atomic E-state index is 0.0692. The molecule has 2 aromatic carbocycles. The van der Waals surface area contributed by atoms with Crippen LogP contribution >= 0.6 is 11.6 Å². The van der Waals surface area contributed by atoms with E-state index in [4.69, 9.17) is 11.6 Å². The summed E-state index contributed by atoms with van der Waals surface area (Å²) >= 11 is 6.00. The minimum Gasteiger partial charge on any atom is -0.340 e. The van der Waals surface area contributed by atoms with Crippen LogP contribution in [0.4, 0.5) is 4.39 Å². The maximum Gasteiger partial charge on any atom is 0.247 e. The lowest BCUT2D eigenvalue weighted by molar-refractivity contribution is -0.145. The molecule has 148 valence electrons. The van der Waals surface area contributed by atoms with Gasteiger partial charge in [-0.25, -0.2) is 4.39 Å². The van der Waals surface area contributed by atoms with Crippen molar-refractivity contribution in [2.24, 2.45) is 0 Å². The first kappa shape index (κ1) is 19.4. The average molecular weight is 402 g/mol. The molecule has 0 radical (unpaired) electrons. The third-order valence-electron chi connectivity index (χ3n) is 5.92. The van der Waals surface area contributed by atoms with Crippen LogP contribution in [0.25, 0.3) is 0 Å². The van der Waals surface area contributed by atoms with Crippen LogP contribution in [0.15, 0.2) is 42.5 Å². The third-order valence-corrected chi connectivity index (χ3v) is 6.14. The van der Waals surface area contributed by atoms with Gasteiger partial charge in [0.05, 0.1) is 0 Å². The fraction of sp³-hybridized carbons (Fsp3) is 0.409. The smallest absolute Gasteiger partial charge is 0.247 e. The van der Waals surface area contributed by atoms with Crippen molar-refractivity contribution in [3.8, 4) is 0 Å². The number of likely N-dealkylation sites (N-methyl/N-ethyl adjacent to an activating group) is 1. The highest BCUT2D eigenvalue weighted by atomic mass is 35.5. The number of nitrogens with zero attached hydrogens (tertiary/aromatic N) is 2. The van der Waals surface area contributed by atoms with Gasteiger partial charge in [0.15, 0.2) is 0 Å². The number of halogens is 2. The summed E-state index contributed by atoms with van der Waals surface area (Å²) in [7, 11) is 1.80. The highest BCUT2D eigenvalue weighted by Gasteiger charge is 2.50. The number of benzene rings is 2. The maximum atomic E-state index is 13.8. The average Bonchev–Trinajstić information content (AvgIpc) is 3.08. The molecule has 1 aliphatic carbocycles. The zero-order valence-corrected chi connectivity index (χ0v) is 16.8. The number of piperazine rings is 1. The molecule has 0 saturated carbocycles. The Morgan fingerprint density at radius 1 is 1.25 bits per heavy atom. The van der Waals surface area contributed by atoms with E-state index in [1.54, 1.807) is 18.0 Å². The molecule has 0 spiro atoms. The first-order valence-electron chi connectivity index (χ1n) is 9.75. The Kier molecular flexibility index (Phi) is 5.41. The van der Waals surface area contributed by atoms with E-state index < -0.39 is 5.54 Å². The molecule has 1 amide bonds. The Bertz CT molecular complexity index is 864. The molecular formula is C22H25ClFN3O. The van der Waals surface area contributed by atoms with Gasteiger partial charge in [0.2, 0.25) is 5.91 Å². The number of hydrogen-bond acceptors (Lipinski definition) is 3. The normalized spacial score (nSPS) is 22.1. The SMILES string of the molecule is CN(Cc1cc(F)cc(Cl)c1)C(=O)[C@@]1(N2CCNCC2)CCc2ccccc21. The van der Waals surface area contributed by atoms with Crippen molar-refractivity contribution in [2.45, 2.75) is 24.9 Å². The predicted octanol–water partition coefficient (Wildman–Crippen LogP) is 3.18. The van der Waals surface area contributed by atoms with Crippen LogP contribution in [0.3, 0.4) is 0 Å². The highest BCUT2D eigenvalue weighted by Crippen LogP contribution is 2.43. The lowest BCUT2D eigenvalue weighted by atomic mass is 9.87. The van der Waals surface area contributed by atoms with Gasteiger partial charge < -0.3 is 10.2 Å². The largest absolute Gasteiger partial charge is 0.340 e. The third kappa shape index (κ3) is 3.43. The molecule has 4 nitrogen and oxygen atoms in total. The first-order chi connectivity index (χ1) is 13.5. The second kappa shape index (κ2) is 7.82. The van der Waals surface area contributed by atoms with Gasteiger partial charge in [-0.3, -0.25) is 9.69 Å². The Morgan fingerprint density at radius 2 is 2.00 bits per heavy atom. The van der Waals surface area contributed by atoms with Gasteiger partial charge >= 0.3 is 0 Å². The number of amides is 1. The topological polar surface area (TPSA) is 35.6 Å². The molecule has 0 aromatic heterocycles. The lowest BCUT2D eigenvalue weighted by Gasteiger charge is -2.44. The number of aryl methyl sites for hydroxylation is 1. The van der Waals surface area contributed by atoms with Crippen LogP contribution in [0.2, 0.25) is 5.02 Å². The van der Waals surface area contributed by atoms with Crippen LogP contribution < -0.4 is 5.32 Å². The zero-order chi connectivity index (χ0) is 19.7. The molecule has 4 rings (SSSR count). The van der Waals surface area contributed by atoms with Crippen molar-refractivity contribution in [3.05, 3.63) is 70.0 Å². The van der Waals surface area contributed by atoms with Gasteiger partial charge in [-0.2, -0.15) is 0 Å². The fourth-order valence-corrected chi connectivity index (χ4v) is 4.93. The Labute approximate surface area is 170 Å². The fourth-order valence-electron chi connectivity index (χ4n) is 4.69. The molecule has 1 saturated heterocycles. The summed E-state index contributed by atoms with van der Waals surface area (Å²) in [5, 5.41) is 3.72. The van der Waals surface area contributed by atoms with Crippen molar-refractivity contribution >= 4 is 17.5 Å². The summed E-state index contributed by atoms with van der Waals surface area (Å²) in [5.74, 6) is -0.314. The number of carbonyl (C=O) groups is 1. The van der Waals surface area contributed by atoms with E-state index >= 15 is 0 Å². The van der Waals surface area contributed by atoms with Crippen LogP contribution in [0.5, 0.6) is 0 Å². The van der Waals surface area contributed by atoms with E-state index in [0.29, 0.717) is 17.1 Å². The Hall–Kier alpha value is -1.95. The van der Waals surface area contributed by atoms with Crippen molar-refractivity contribution in [1.82, 2.24) is 15.1 Å². The van der Waals surface area contributed by atoms with Gasteiger partial charge in [-0.1, -0.05) is 35.9 Å². The van der Waals surface area contributed by atoms with Gasteiger partial charge in [-0.05, 0) is 47.7 Å². The predicted molar refractivity (Wildman–Crippen MR) is 109 cm³/mol. The molecular weight excluding hydrogens is 377 g/mol. The van der Waals surface area contributed by atoms with Crippen LogP contribution in [0, 0.1) is 5.82 Å². The van der Waals surface area contributed by atoms with E-state index in [0.717, 1.165) is 44.6 Å². The number of nitrogens with one attached hydrogen (secondary N) is 1. The quantitative estimate of drug-likeness (QED) is 0.854. The van der Waals surface area contributed by atoms with Crippen LogP contribution in [0.1, 0.15) is 23.1 Å². The number of carbonyl (C=O) groups excluding carboxylic acids is 1. The van der Waals surface area contributed by atoms with E-state index in [9.17, 15) is 9.18 Å². The van der Waals surface area contributed by atoms with Crippen molar-refractivity contribution < 1.29 is 9.18 Å². The summed E-state index contributed by atoms with van der Waals surface area (Å²) in [6.45, 7) is 3.74. The van der Waals surface area contributed by atoms with Gasteiger partial charge in [0.25, 0.3) is 0 Å². The molecule has 6 heteroatoms. The summed E-state index contributed by atoms with van der Waals surface area (Å²) < 4.78 is 13.7. The lowest BCUT2D eigenvalue weighted by Crippen LogP contribution is -2.60. The van der Waals surface area contributed by atoms with E-state index in [-0.39, 0.29) is 11.7 Å². The molecule has 2 aromatic rings. The Balaban J connectivity index is 1.68. The van der Waals surface area contributed by atoms with Gasteiger partial charge in [0.1, 0.15) is 11.4 Å². The van der Waals surface area contributed by atoms with Crippen LogP contribution in [-0.2, 0) is 23.3 Å². The van der Waals surface area contributed by atoms with Gasteiger partial charge in [0, 0.05) is 44.8 Å². The number of rotatable bonds is 4. The second-order valence-corrected chi connectivity index (χ2v) is 8.13. The molecule has 0 bridgehead atoms. The van der Waals surface area contributed by atoms with Crippen molar-refractivity contribution in [2.75, 3.05) is 33.2 Å². The van der Waals surface area contributed by atoms with E-state index in [2.05, 4.69) is 22.3 Å². The molecule has 2 aliphatic rings. The van der Waals surface area contributed by atoms with Crippen molar-refractivity contribution in [1.29, 1.82) is 0 Å². The van der Waals surface area contributed by atoms with E-state index in [1.165, 1.54) is 17.7 Å². The first-order valence-corrected chi connectivity index (χ1v) is 10.1. The van der Waals surface area contributed by atoms with Crippen molar-refractivity contribution in [3.63, 3.8) is 0 Å². The number of fused-ring (bicyclic) bond motifs is 1. The van der Waals surface area contributed by atoms with Gasteiger partial charge in [-0.15, -0.1) is 0 Å². The molecule has 1 atom stereocenters. The summed E-state index contributed by atoms with van der Waals surface area (Å²) in [6, 6.07) is 12.7. The highest BCUT2D eigenvalue weighted by molar-refractivity contribution is 6.30. The molecule has 28 heavy (non-hydrogen) atoms. The molecule has 0 unspecified atom stereocenters. The standard InChI is InChI=1S/C22H25ClFN3O/c1-26(15-16-12-18(23)14-19(24)13-16)21(28)22(27-10-8-25-9-11-27)7-6-17-4-2-3-5-20(17)22/h2-5,12-14,25H,6-11,15H2,1H3/t22-/m1/s1. The summed E-state index contributed by atoms with van der Waals surface area (Å²) in [6.07, 6.45) is 1.67. The molecule has 1 fully saturated rings. The molecule has 1 heterocycles. The zero-order valence-electron chi connectivity index (χ0n) is 16.0. The second-order valence-electron chi connectivity index (χ2n) is 7.69. The van der Waals surface area contributed by atoms with Crippen LogP contribution in [-0.4, -0.2) is 48.9 Å².